The van der Waals surface area contributed by atoms with Gasteiger partial charge in [-0.1, -0.05) is 38.1 Å². The molecule has 0 spiro atoms. The van der Waals surface area contributed by atoms with Crippen LogP contribution in [0.15, 0.2) is 36.5 Å². The lowest BCUT2D eigenvalue weighted by molar-refractivity contribution is -0.150. The number of amides is 1. The van der Waals surface area contributed by atoms with Crippen LogP contribution in [0, 0.1) is 5.92 Å². The lowest BCUT2D eigenvalue weighted by Crippen LogP contribution is -2.41. The van der Waals surface area contributed by atoms with Crippen LogP contribution in [0.5, 0.6) is 11.5 Å². The molecule has 1 atom stereocenters. The summed E-state index contributed by atoms with van der Waals surface area (Å²) < 4.78 is 16.1. The highest BCUT2D eigenvalue weighted by Crippen LogP contribution is 2.30. The fourth-order valence-corrected chi connectivity index (χ4v) is 3.26. The molecule has 0 bridgehead atoms. The number of methoxy groups -OCH3 is 1. The van der Waals surface area contributed by atoms with Gasteiger partial charge in [0.1, 0.15) is 12.1 Å². The summed E-state index contributed by atoms with van der Waals surface area (Å²) in [6, 6.07) is 8.51. The average molecular weight is 426 g/mol. The first-order valence-electron chi connectivity index (χ1n) is 10.1. The fraction of sp³-hybridized carbons (Fsp3) is 0.391. The van der Waals surface area contributed by atoms with Gasteiger partial charge in [-0.2, -0.15) is 0 Å². The molecule has 0 saturated carbocycles. The van der Waals surface area contributed by atoms with Gasteiger partial charge in [-0.05, 0) is 18.1 Å². The maximum Gasteiger partial charge on any atom is 0.328 e. The second-order valence-electron chi connectivity index (χ2n) is 7.70. The molecule has 1 amide bonds. The molecular weight excluding hydrogens is 400 g/mol. The van der Waals surface area contributed by atoms with E-state index in [2.05, 4.69) is 10.3 Å². The van der Waals surface area contributed by atoms with Crippen LogP contribution < -0.4 is 14.8 Å². The number of rotatable bonds is 7. The molecule has 3 rings (SSSR count). The van der Waals surface area contributed by atoms with Crippen molar-refractivity contribution in [3.05, 3.63) is 53.3 Å². The van der Waals surface area contributed by atoms with Gasteiger partial charge in [0.2, 0.25) is 5.75 Å². The Labute approximate surface area is 180 Å². The lowest BCUT2D eigenvalue weighted by Gasteiger charge is -2.18. The normalized spacial score (nSPS) is 14.0. The van der Waals surface area contributed by atoms with E-state index in [1.165, 1.54) is 26.3 Å². The molecule has 1 aromatic heterocycles. The van der Waals surface area contributed by atoms with Crippen LogP contribution in [0.1, 0.15) is 42.4 Å². The first kappa shape index (κ1) is 22.3. The highest BCUT2D eigenvalue weighted by Gasteiger charge is 2.29. The Balaban J connectivity index is 1.66. The van der Waals surface area contributed by atoms with Crippen molar-refractivity contribution in [2.45, 2.75) is 45.8 Å². The summed E-state index contributed by atoms with van der Waals surface area (Å²) in [4.78, 5) is 41.4. The summed E-state index contributed by atoms with van der Waals surface area (Å²) in [6.07, 6.45) is 2.39. The molecule has 0 aliphatic heterocycles. The molecule has 2 aromatic rings. The van der Waals surface area contributed by atoms with Crippen LogP contribution in [0.2, 0.25) is 0 Å². The molecule has 1 aliphatic rings. The van der Waals surface area contributed by atoms with Gasteiger partial charge < -0.3 is 19.5 Å². The Kier molecular flexibility index (Phi) is 6.89. The third-order valence-electron chi connectivity index (χ3n) is 4.97. The van der Waals surface area contributed by atoms with E-state index in [0.29, 0.717) is 12.8 Å². The highest BCUT2D eigenvalue weighted by molar-refractivity contribution is 5.98. The molecule has 1 aromatic carbocycles. The fourth-order valence-electron chi connectivity index (χ4n) is 3.26. The van der Waals surface area contributed by atoms with Crippen molar-refractivity contribution in [3.8, 4) is 11.5 Å². The number of esters is 2. The van der Waals surface area contributed by atoms with E-state index in [0.717, 1.165) is 11.1 Å². The highest BCUT2D eigenvalue weighted by atomic mass is 16.6. The molecule has 1 heterocycles. The summed E-state index contributed by atoms with van der Waals surface area (Å²) in [5.74, 6) is -2.07. The summed E-state index contributed by atoms with van der Waals surface area (Å²) in [5, 5.41) is 2.56. The zero-order valence-electron chi connectivity index (χ0n) is 18.0. The van der Waals surface area contributed by atoms with Crippen molar-refractivity contribution in [1.82, 2.24) is 10.3 Å². The van der Waals surface area contributed by atoms with Gasteiger partial charge in [0.15, 0.2) is 11.4 Å². The van der Waals surface area contributed by atoms with E-state index in [1.54, 1.807) is 13.8 Å². The van der Waals surface area contributed by atoms with E-state index < -0.39 is 29.8 Å². The van der Waals surface area contributed by atoms with Crippen molar-refractivity contribution < 1.29 is 28.6 Å². The molecule has 0 fully saturated rings. The zero-order chi connectivity index (χ0) is 22.5. The van der Waals surface area contributed by atoms with Gasteiger partial charge in [-0.15, -0.1) is 0 Å². The number of hydrogen-bond acceptors (Lipinski definition) is 7. The van der Waals surface area contributed by atoms with Crippen LogP contribution in [0.25, 0.3) is 0 Å². The van der Waals surface area contributed by atoms with E-state index in [1.807, 2.05) is 24.3 Å². The van der Waals surface area contributed by atoms with Crippen molar-refractivity contribution in [2.75, 3.05) is 7.11 Å². The number of pyridine rings is 1. The van der Waals surface area contributed by atoms with Crippen molar-refractivity contribution in [1.29, 1.82) is 0 Å². The van der Waals surface area contributed by atoms with Crippen LogP contribution in [-0.4, -0.2) is 42.1 Å². The van der Waals surface area contributed by atoms with Crippen LogP contribution >= 0.6 is 0 Å². The Morgan fingerprint density at radius 2 is 1.68 bits per heavy atom. The number of nitrogens with zero attached hydrogens (tertiary/aromatic N) is 1. The maximum atomic E-state index is 12.8. The maximum absolute atomic E-state index is 12.8. The minimum absolute atomic E-state index is 0.0898. The molecule has 31 heavy (non-hydrogen) atoms. The summed E-state index contributed by atoms with van der Waals surface area (Å²) in [6.45, 7) is 4.87. The second-order valence-corrected chi connectivity index (χ2v) is 7.70. The van der Waals surface area contributed by atoms with Crippen molar-refractivity contribution in [2.24, 2.45) is 5.92 Å². The summed E-state index contributed by atoms with van der Waals surface area (Å²) >= 11 is 0. The van der Waals surface area contributed by atoms with Crippen molar-refractivity contribution >= 4 is 17.8 Å². The van der Waals surface area contributed by atoms with Gasteiger partial charge >= 0.3 is 11.9 Å². The Morgan fingerprint density at radius 3 is 2.26 bits per heavy atom. The molecular formula is C23H26N2O6. The van der Waals surface area contributed by atoms with Gasteiger partial charge in [-0.25, -0.2) is 9.78 Å². The Morgan fingerprint density at radius 1 is 1.03 bits per heavy atom. The molecule has 1 N–H and O–H groups in total. The first-order chi connectivity index (χ1) is 14.8. The Hall–Kier alpha value is -3.42. The molecule has 0 radical (unpaired) electrons. The van der Waals surface area contributed by atoms with E-state index in [-0.39, 0.29) is 23.3 Å². The van der Waals surface area contributed by atoms with Gasteiger partial charge in [0.05, 0.1) is 13.0 Å². The lowest BCUT2D eigenvalue weighted by atomic mass is 10.1. The second kappa shape index (κ2) is 9.59. The number of hydrogen-bond donors (Lipinski definition) is 1. The molecule has 8 nitrogen and oxygen atoms in total. The zero-order valence-corrected chi connectivity index (χ0v) is 18.0. The minimum atomic E-state index is -0.919. The quantitative estimate of drug-likeness (QED) is 0.678. The topological polar surface area (TPSA) is 104 Å². The smallest absolute Gasteiger partial charge is 0.328 e. The SMILES string of the molecule is COc1ccnc(C(=O)N[C@@H](C)C(=O)OC2Cc3ccccc3C2)c1OC(=O)C(C)C. The number of aromatic nitrogens is 1. The summed E-state index contributed by atoms with van der Waals surface area (Å²) in [5.41, 5.74) is 2.17. The third-order valence-corrected chi connectivity index (χ3v) is 4.97. The summed E-state index contributed by atoms with van der Waals surface area (Å²) in [7, 11) is 1.39. The molecule has 0 saturated heterocycles. The first-order valence-corrected chi connectivity index (χ1v) is 10.1. The van der Waals surface area contributed by atoms with Crippen LogP contribution in [-0.2, 0) is 27.2 Å². The van der Waals surface area contributed by atoms with Gasteiger partial charge in [0.25, 0.3) is 5.91 Å². The number of fused-ring (bicyclic) bond motifs is 1. The molecule has 0 unspecified atom stereocenters. The number of benzene rings is 1. The monoisotopic (exact) mass is 426 g/mol. The number of nitrogens with one attached hydrogen (secondary N) is 1. The van der Waals surface area contributed by atoms with Crippen LogP contribution in [0.4, 0.5) is 0 Å². The number of ether oxygens (including phenoxy) is 3. The number of carbonyl (C=O) groups excluding carboxylic acids is 3. The van der Waals surface area contributed by atoms with Crippen molar-refractivity contribution in [3.63, 3.8) is 0 Å². The predicted molar refractivity (Wildman–Crippen MR) is 112 cm³/mol. The Bertz CT molecular complexity index is 963. The third kappa shape index (κ3) is 5.20. The standard InChI is InChI=1S/C23H26N2O6/c1-13(2)22(27)31-20-18(29-4)9-10-24-19(20)21(26)25-14(3)23(28)30-17-11-15-7-5-6-8-16(15)12-17/h5-10,13-14,17H,11-12H2,1-4H3,(H,25,26)/t14-/m0/s1. The van der Waals surface area contributed by atoms with E-state index in [4.69, 9.17) is 14.2 Å². The average Bonchev–Trinajstić information content (AvgIpc) is 3.15. The largest absolute Gasteiger partial charge is 0.493 e. The van der Waals surface area contributed by atoms with Gasteiger partial charge in [0, 0.05) is 25.1 Å². The molecule has 1 aliphatic carbocycles. The minimum Gasteiger partial charge on any atom is -0.493 e. The van der Waals surface area contributed by atoms with E-state index >= 15 is 0 Å². The molecule has 8 heteroatoms. The van der Waals surface area contributed by atoms with E-state index in [9.17, 15) is 14.4 Å². The number of carbonyl (C=O) groups is 3. The predicted octanol–water partition coefficient (Wildman–Crippen LogP) is 2.48. The van der Waals surface area contributed by atoms with Gasteiger partial charge in [-0.3, -0.25) is 9.59 Å². The van der Waals surface area contributed by atoms with Crippen LogP contribution in [0.3, 0.4) is 0 Å². The molecule has 164 valence electrons.